The third-order valence-corrected chi connectivity index (χ3v) is 3.81. The highest BCUT2D eigenvalue weighted by Gasteiger charge is 2.20. The van der Waals surface area contributed by atoms with Crippen molar-refractivity contribution in [2.24, 2.45) is 5.73 Å². The lowest BCUT2D eigenvalue weighted by Crippen LogP contribution is -2.27. The first kappa shape index (κ1) is 13.5. The number of carbonyl (C=O) groups is 1. The summed E-state index contributed by atoms with van der Waals surface area (Å²) in [6, 6.07) is 0.228. The Morgan fingerprint density at radius 1 is 1.67 bits per heavy atom. The van der Waals surface area contributed by atoms with Gasteiger partial charge in [0.1, 0.15) is 6.61 Å². The molecule has 0 spiro atoms. The molecule has 1 aliphatic rings. The minimum Gasteiger partial charge on any atom is -0.369 e. The molecule has 1 aromatic rings. The lowest BCUT2D eigenvalue weighted by Gasteiger charge is -2.15. The van der Waals surface area contributed by atoms with Crippen molar-refractivity contribution in [3.63, 3.8) is 0 Å². The summed E-state index contributed by atoms with van der Waals surface area (Å²) in [5, 5.41) is 3.43. The van der Waals surface area contributed by atoms with Crippen molar-refractivity contribution in [3.8, 4) is 0 Å². The van der Waals surface area contributed by atoms with Gasteiger partial charge < -0.3 is 10.5 Å². The van der Waals surface area contributed by atoms with Gasteiger partial charge >= 0.3 is 0 Å². The number of ether oxygens (including phenoxy) is 1. The Morgan fingerprint density at radius 3 is 3.17 bits per heavy atom. The fourth-order valence-corrected chi connectivity index (χ4v) is 2.97. The molecule has 1 atom stereocenters. The number of carbonyl (C=O) groups excluding carboxylic acids is 1. The van der Waals surface area contributed by atoms with E-state index < -0.39 is 0 Å². The van der Waals surface area contributed by atoms with Gasteiger partial charge in [0, 0.05) is 10.9 Å². The Labute approximate surface area is 111 Å². The van der Waals surface area contributed by atoms with Gasteiger partial charge in [-0.15, -0.1) is 11.3 Å². The molecule has 100 valence electrons. The van der Waals surface area contributed by atoms with E-state index >= 15 is 0 Å². The molecule has 0 saturated heterocycles. The lowest BCUT2D eigenvalue weighted by molar-refractivity contribution is -0.121. The van der Waals surface area contributed by atoms with Gasteiger partial charge in [0.05, 0.1) is 11.8 Å². The molecule has 0 saturated carbocycles. The Morgan fingerprint density at radius 2 is 2.44 bits per heavy atom. The van der Waals surface area contributed by atoms with Crippen LogP contribution in [0.1, 0.15) is 30.8 Å². The minimum atomic E-state index is -0.154. The fourth-order valence-electron chi connectivity index (χ4n) is 1.85. The zero-order valence-corrected chi connectivity index (χ0v) is 11.5. The van der Waals surface area contributed by atoms with E-state index in [2.05, 4.69) is 10.3 Å². The summed E-state index contributed by atoms with van der Waals surface area (Å²) < 4.78 is 5.24. The van der Waals surface area contributed by atoms with Crippen LogP contribution in [0.25, 0.3) is 0 Å². The molecular formula is C12H19N3O2S. The Bertz CT molecular complexity index is 431. The zero-order chi connectivity index (χ0) is 13.1. The number of anilines is 1. The number of aromatic nitrogens is 1. The third kappa shape index (κ3) is 3.51. The number of fused-ring (bicyclic) bond motifs is 1. The number of nitrogens with one attached hydrogen (secondary N) is 1. The zero-order valence-electron chi connectivity index (χ0n) is 10.7. The number of aryl methyl sites for hydroxylation is 1. The first-order valence-electron chi connectivity index (χ1n) is 6.20. The summed E-state index contributed by atoms with van der Waals surface area (Å²) in [5.41, 5.74) is 7.00. The van der Waals surface area contributed by atoms with Crippen molar-refractivity contribution in [3.05, 3.63) is 10.6 Å². The number of hydrogen-bond acceptors (Lipinski definition) is 5. The standard InChI is InChI=1S/C12H19N3O2S/c1-7(2)17-6-11(16)15-12-14-9-4-3-8(13)5-10(9)18-12/h7-8H,3-6,13H2,1-2H3,(H,14,15,16)/t8-/m0/s1. The van der Waals surface area contributed by atoms with E-state index in [0.29, 0.717) is 5.13 Å². The number of amides is 1. The summed E-state index contributed by atoms with van der Waals surface area (Å²) in [6.45, 7) is 3.87. The van der Waals surface area contributed by atoms with Crippen molar-refractivity contribution in [1.29, 1.82) is 0 Å². The second-order valence-corrected chi connectivity index (χ2v) is 5.88. The summed E-state index contributed by atoms with van der Waals surface area (Å²) in [4.78, 5) is 17.2. The molecule has 1 aliphatic carbocycles. The fraction of sp³-hybridized carbons (Fsp3) is 0.667. The van der Waals surface area contributed by atoms with Crippen LogP contribution in [0.3, 0.4) is 0 Å². The predicted molar refractivity (Wildman–Crippen MR) is 71.8 cm³/mol. The molecule has 1 amide bonds. The van der Waals surface area contributed by atoms with Crippen LogP contribution in [0.5, 0.6) is 0 Å². The van der Waals surface area contributed by atoms with Crippen LogP contribution in [0.2, 0.25) is 0 Å². The van der Waals surface area contributed by atoms with Crippen LogP contribution < -0.4 is 11.1 Å². The predicted octanol–water partition coefficient (Wildman–Crippen LogP) is 1.32. The van der Waals surface area contributed by atoms with E-state index in [1.54, 1.807) is 0 Å². The third-order valence-electron chi connectivity index (χ3n) is 2.77. The molecule has 0 bridgehead atoms. The van der Waals surface area contributed by atoms with E-state index in [1.165, 1.54) is 16.2 Å². The number of thiazole rings is 1. The van der Waals surface area contributed by atoms with Crippen molar-refractivity contribution in [2.75, 3.05) is 11.9 Å². The molecule has 3 N–H and O–H groups in total. The smallest absolute Gasteiger partial charge is 0.252 e. The highest BCUT2D eigenvalue weighted by atomic mass is 32.1. The van der Waals surface area contributed by atoms with Crippen molar-refractivity contribution >= 4 is 22.4 Å². The Kier molecular flexibility index (Phi) is 4.31. The second kappa shape index (κ2) is 5.77. The molecule has 1 aromatic heterocycles. The van der Waals surface area contributed by atoms with E-state index in [0.717, 1.165) is 25.0 Å². The normalized spacial score (nSPS) is 18.8. The van der Waals surface area contributed by atoms with Crippen LogP contribution in [0.4, 0.5) is 5.13 Å². The highest BCUT2D eigenvalue weighted by Crippen LogP contribution is 2.29. The van der Waals surface area contributed by atoms with Crippen LogP contribution in [-0.2, 0) is 22.4 Å². The van der Waals surface area contributed by atoms with Gasteiger partial charge in [-0.05, 0) is 33.1 Å². The number of hydrogen-bond donors (Lipinski definition) is 2. The minimum absolute atomic E-state index is 0.0539. The van der Waals surface area contributed by atoms with Crippen LogP contribution >= 0.6 is 11.3 Å². The molecule has 2 rings (SSSR count). The number of rotatable bonds is 4. The summed E-state index contributed by atoms with van der Waals surface area (Å²) >= 11 is 1.52. The van der Waals surface area contributed by atoms with Crippen LogP contribution in [0, 0.1) is 0 Å². The van der Waals surface area contributed by atoms with Crippen molar-refractivity contribution < 1.29 is 9.53 Å². The average Bonchev–Trinajstić information content (AvgIpc) is 2.67. The van der Waals surface area contributed by atoms with Crippen molar-refractivity contribution in [1.82, 2.24) is 4.98 Å². The first-order chi connectivity index (χ1) is 8.54. The number of nitrogens with zero attached hydrogens (tertiary/aromatic N) is 1. The maximum absolute atomic E-state index is 11.6. The molecule has 6 heteroatoms. The van der Waals surface area contributed by atoms with Gasteiger partial charge in [-0.25, -0.2) is 4.98 Å². The molecule has 1 heterocycles. The van der Waals surface area contributed by atoms with Gasteiger partial charge in [0.15, 0.2) is 5.13 Å². The SMILES string of the molecule is CC(C)OCC(=O)Nc1nc2c(s1)C[C@@H](N)CC2. The molecule has 5 nitrogen and oxygen atoms in total. The van der Waals surface area contributed by atoms with Gasteiger partial charge in [-0.2, -0.15) is 0 Å². The monoisotopic (exact) mass is 269 g/mol. The van der Waals surface area contributed by atoms with Gasteiger partial charge in [-0.3, -0.25) is 10.1 Å². The largest absolute Gasteiger partial charge is 0.369 e. The average molecular weight is 269 g/mol. The topological polar surface area (TPSA) is 77.2 Å². The maximum atomic E-state index is 11.6. The summed E-state index contributed by atoms with van der Waals surface area (Å²) in [6.07, 6.45) is 2.80. The quantitative estimate of drug-likeness (QED) is 0.864. The molecule has 0 fully saturated rings. The second-order valence-electron chi connectivity index (χ2n) is 4.80. The van der Waals surface area contributed by atoms with E-state index in [9.17, 15) is 4.79 Å². The maximum Gasteiger partial charge on any atom is 0.252 e. The molecule has 0 unspecified atom stereocenters. The van der Waals surface area contributed by atoms with E-state index in [-0.39, 0.29) is 24.7 Å². The first-order valence-corrected chi connectivity index (χ1v) is 7.02. The van der Waals surface area contributed by atoms with Crippen LogP contribution in [0.15, 0.2) is 0 Å². The van der Waals surface area contributed by atoms with Crippen molar-refractivity contribution in [2.45, 2.75) is 45.3 Å². The molecule has 0 aliphatic heterocycles. The van der Waals surface area contributed by atoms with Crippen LogP contribution in [-0.4, -0.2) is 29.6 Å². The van der Waals surface area contributed by atoms with E-state index in [4.69, 9.17) is 10.5 Å². The van der Waals surface area contributed by atoms with Gasteiger partial charge in [-0.1, -0.05) is 0 Å². The molecule has 18 heavy (non-hydrogen) atoms. The molecule has 0 aromatic carbocycles. The Balaban J connectivity index is 1.92. The summed E-state index contributed by atoms with van der Waals surface area (Å²) in [7, 11) is 0. The molecular weight excluding hydrogens is 250 g/mol. The van der Waals surface area contributed by atoms with Gasteiger partial charge in [0.25, 0.3) is 5.91 Å². The van der Waals surface area contributed by atoms with E-state index in [1.807, 2.05) is 13.8 Å². The molecule has 0 radical (unpaired) electrons. The lowest BCUT2D eigenvalue weighted by atomic mass is 9.99. The Hall–Kier alpha value is -0.980. The number of nitrogens with two attached hydrogens (primary N) is 1. The van der Waals surface area contributed by atoms with Gasteiger partial charge in [0.2, 0.25) is 0 Å². The summed E-state index contributed by atoms with van der Waals surface area (Å²) in [5.74, 6) is -0.154. The highest BCUT2D eigenvalue weighted by molar-refractivity contribution is 7.15.